The molecule has 0 aromatic carbocycles. The molecule has 60 valence electrons. The Bertz CT molecular complexity index is 91.6. The van der Waals surface area contributed by atoms with Crippen LogP contribution < -0.4 is 11.3 Å². The van der Waals surface area contributed by atoms with Crippen molar-refractivity contribution in [1.29, 1.82) is 0 Å². The summed E-state index contributed by atoms with van der Waals surface area (Å²) in [5, 5.41) is 0.768. The molecule has 0 saturated carbocycles. The SMILES string of the molecule is C=CCSC(=C)NN.CC. The first-order valence-electron chi connectivity index (χ1n) is 3.20. The normalized spacial score (nSPS) is 7.10. The molecule has 0 aromatic heterocycles. The van der Waals surface area contributed by atoms with Crippen LogP contribution in [0.2, 0.25) is 0 Å². The molecule has 0 saturated heterocycles. The van der Waals surface area contributed by atoms with Gasteiger partial charge in [0.1, 0.15) is 0 Å². The van der Waals surface area contributed by atoms with E-state index < -0.39 is 0 Å². The Kier molecular flexibility index (Phi) is 14.0. The summed E-state index contributed by atoms with van der Waals surface area (Å²) in [5.74, 6) is 5.86. The van der Waals surface area contributed by atoms with Crippen molar-refractivity contribution in [3.8, 4) is 0 Å². The van der Waals surface area contributed by atoms with Gasteiger partial charge in [0.25, 0.3) is 0 Å². The number of hydrogen-bond donors (Lipinski definition) is 2. The molecule has 0 aliphatic heterocycles. The van der Waals surface area contributed by atoms with Gasteiger partial charge in [0, 0.05) is 5.75 Å². The molecule has 3 N–H and O–H groups in total. The Balaban J connectivity index is 0. The molecule has 2 nitrogen and oxygen atoms in total. The maximum Gasteiger partial charge on any atom is 0.0752 e. The smallest absolute Gasteiger partial charge is 0.0752 e. The summed E-state index contributed by atoms with van der Waals surface area (Å²) in [6.07, 6.45) is 1.80. The second kappa shape index (κ2) is 11.4. The minimum absolute atomic E-state index is 0.768. The van der Waals surface area contributed by atoms with Crippen molar-refractivity contribution in [2.75, 3.05) is 5.75 Å². The molecule has 0 atom stereocenters. The van der Waals surface area contributed by atoms with E-state index in [1.165, 1.54) is 11.8 Å². The van der Waals surface area contributed by atoms with Gasteiger partial charge in [-0.15, -0.1) is 18.3 Å². The largest absolute Gasteiger partial charge is 0.319 e. The molecular weight excluding hydrogens is 144 g/mol. The summed E-state index contributed by atoms with van der Waals surface area (Å²) in [6, 6.07) is 0. The predicted molar refractivity (Wildman–Crippen MR) is 50.5 cm³/mol. The molecule has 0 unspecified atom stereocenters. The molecule has 10 heavy (non-hydrogen) atoms. The van der Waals surface area contributed by atoms with Crippen molar-refractivity contribution in [3.05, 3.63) is 24.3 Å². The zero-order valence-corrected chi connectivity index (χ0v) is 7.50. The van der Waals surface area contributed by atoms with Crippen molar-refractivity contribution in [3.63, 3.8) is 0 Å². The van der Waals surface area contributed by atoms with Gasteiger partial charge < -0.3 is 5.43 Å². The number of nitrogens with one attached hydrogen (secondary N) is 1. The lowest BCUT2D eigenvalue weighted by Crippen LogP contribution is -2.18. The number of thioether (sulfide) groups is 1. The number of hydrazine groups is 1. The molecule has 0 aliphatic rings. The average molecular weight is 160 g/mol. The van der Waals surface area contributed by atoms with E-state index >= 15 is 0 Å². The summed E-state index contributed by atoms with van der Waals surface area (Å²) in [5.41, 5.74) is 2.42. The zero-order chi connectivity index (χ0) is 8.41. The highest BCUT2D eigenvalue weighted by atomic mass is 32.2. The fourth-order valence-corrected chi connectivity index (χ4v) is 0.604. The molecule has 0 heterocycles. The fourth-order valence-electron chi connectivity index (χ4n) is 0.201. The van der Waals surface area contributed by atoms with Crippen LogP contribution in [0.3, 0.4) is 0 Å². The highest BCUT2D eigenvalue weighted by Gasteiger charge is 1.84. The van der Waals surface area contributed by atoms with Crippen molar-refractivity contribution < 1.29 is 0 Å². The van der Waals surface area contributed by atoms with E-state index in [0.29, 0.717) is 0 Å². The first kappa shape index (κ1) is 12.3. The lowest BCUT2D eigenvalue weighted by Gasteiger charge is -1.98. The molecule has 0 aliphatic carbocycles. The van der Waals surface area contributed by atoms with Gasteiger partial charge in [0.15, 0.2) is 0 Å². The molecule has 0 aromatic rings. The quantitative estimate of drug-likeness (QED) is 0.374. The second-order valence-electron chi connectivity index (χ2n) is 1.17. The van der Waals surface area contributed by atoms with Gasteiger partial charge in [-0.2, -0.15) is 0 Å². The van der Waals surface area contributed by atoms with Crippen LogP contribution in [-0.2, 0) is 0 Å². The van der Waals surface area contributed by atoms with Gasteiger partial charge in [0.05, 0.1) is 5.03 Å². The Labute approximate surface area is 67.5 Å². The van der Waals surface area contributed by atoms with Crippen LogP contribution in [0, 0.1) is 0 Å². The number of rotatable bonds is 4. The molecule has 0 radical (unpaired) electrons. The van der Waals surface area contributed by atoms with E-state index in [1.807, 2.05) is 13.8 Å². The van der Waals surface area contributed by atoms with Crippen LogP contribution in [-0.4, -0.2) is 5.75 Å². The topological polar surface area (TPSA) is 38.0 Å². The summed E-state index contributed by atoms with van der Waals surface area (Å²) in [4.78, 5) is 0. The van der Waals surface area contributed by atoms with Crippen LogP contribution in [0.25, 0.3) is 0 Å². The van der Waals surface area contributed by atoms with Crippen molar-refractivity contribution in [1.82, 2.24) is 5.43 Å². The van der Waals surface area contributed by atoms with Crippen LogP contribution in [0.15, 0.2) is 24.3 Å². The summed E-state index contributed by atoms with van der Waals surface area (Å²) in [6.45, 7) is 11.1. The van der Waals surface area contributed by atoms with Crippen LogP contribution in [0.4, 0.5) is 0 Å². The first-order chi connectivity index (χ1) is 4.81. The van der Waals surface area contributed by atoms with Crippen molar-refractivity contribution >= 4 is 11.8 Å². The zero-order valence-electron chi connectivity index (χ0n) is 6.68. The van der Waals surface area contributed by atoms with Crippen LogP contribution in [0.5, 0.6) is 0 Å². The van der Waals surface area contributed by atoms with E-state index in [4.69, 9.17) is 5.84 Å². The molecule has 0 amide bonds. The van der Waals surface area contributed by atoms with Gasteiger partial charge in [-0.1, -0.05) is 26.5 Å². The Morgan fingerprint density at radius 3 is 2.50 bits per heavy atom. The summed E-state index contributed by atoms with van der Waals surface area (Å²) < 4.78 is 0. The standard InChI is InChI=1S/C5H10N2S.C2H6/c1-3-4-8-5(2)7-6;1-2/h3,7H,1-2,4,6H2;1-2H3. The third kappa shape index (κ3) is 10.5. The molecule has 0 spiro atoms. The average Bonchev–Trinajstić information content (AvgIpc) is 2.04. The number of hydrogen-bond acceptors (Lipinski definition) is 3. The third-order valence-electron chi connectivity index (χ3n) is 0.536. The van der Waals surface area contributed by atoms with Gasteiger partial charge in [-0.25, -0.2) is 0 Å². The lowest BCUT2D eigenvalue weighted by molar-refractivity contribution is 0.954. The van der Waals surface area contributed by atoms with Gasteiger partial charge in [-0.3, -0.25) is 5.84 Å². The minimum Gasteiger partial charge on any atom is -0.319 e. The highest BCUT2D eigenvalue weighted by Crippen LogP contribution is 2.06. The van der Waals surface area contributed by atoms with Gasteiger partial charge >= 0.3 is 0 Å². The Hall–Kier alpha value is -0.410. The lowest BCUT2D eigenvalue weighted by atomic mass is 10.8. The third-order valence-corrected chi connectivity index (χ3v) is 1.41. The van der Waals surface area contributed by atoms with E-state index in [1.54, 1.807) is 6.08 Å². The van der Waals surface area contributed by atoms with E-state index in [2.05, 4.69) is 18.6 Å². The Morgan fingerprint density at radius 2 is 2.20 bits per heavy atom. The molecule has 0 fully saturated rings. The second-order valence-corrected chi connectivity index (χ2v) is 2.28. The summed E-state index contributed by atoms with van der Waals surface area (Å²) >= 11 is 1.53. The maximum atomic E-state index is 5.01. The predicted octanol–water partition coefficient (Wildman–Crippen LogP) is 1.87. The van der Waals surface area contributed by atoms with Gasteiger partial charge in [-0.05, 0) is 0 Å². The van der Waals surface area contributed by atoms with Gasteiger partial charge in [0.2, 0.25) is 0 Å². The minimum atomic E-state index is 0.768. The maximum absolute atomic E-state index is 5.01. The molecule has 3 heteroatoms. The van der Waals surface area contributed by atoms with Crippen LogP contribution in [0.1, 0.15) is 13.8 Å². The van der Waals surface area contributed by atoms with Crippen molar-refractivity contribution in [2.24, 2.45) is 5.84 Å². The fraction of sp³-hybridized carbons (Fsp3) is 0.429. The highest BCUT2D eigenvalue weighted by molar-refractivity contribution is 8.03. The first-order valence-corrected chi connectivity index (χ1v) is 4.19. The van der Waals surface area contributed by atoms with Crippen molar-refractivity contribution in [2.45, 2.75) is 13.8 Å². The Morgan fingerprint density at radius 1 is 1.70 bits per heavy atom. The van der Waals surface area contributed by atoms with E-state index in [9.17, 15) is 0 Å². The molecule has 0 rings (SSSR count). The van der Waals surface area contributed by atoms with E-state index in [-0.39, 0.29) is 0 Å². The molecule has 0 bridgehead atoms. The van der Waals surface area contributed by atoms with Crippen LogP contribution >= 0.6 is 11.8 Å². The van der Waals surface area contributed by atoms with E-state index in [0.717, 1.165) is 10.8 Å². The molecular formula is C7H16N2S. The number of nitrogens with two attached hydrogens (primary N) is 1. The summed E-state index contributed by atoms with van der Waals surface area (Å²) in [7, 11) is 0. The monoisotopic (exact) mass is 160 g/mol.